The van der Waals surface area contributed by atoms with Gasteiger partial charge in [0, 0.05) is 19.4 Å². The van der Waals surface area contributed by atoms with Gasteiger partial charge in [-0.05, 0) is 36.1 Å². The van der Waals surface area contributed by atoms with Crippen molar-refractivity contribution in [1.29, 1.82) is 0 Å². The summed E-state index contributed by atoms with van der Waals surface area (Å²) in [6, 6.07) is 13.1. The van der Waals surface area contributed by atoms with Gasteiger partial charge in [-0.25, -0.2) is 13.2 Å². The highest BCUT2D eigenvalue weighted by molar-refractivity contribution is 7.89. The molecular weight excluding hydrogens is 458 g/mol. The number of carbonyl (C=O) groups excluding carboxylic acids is 3. The second-order valence-corrected chi connectivity index (χ2v) is 10.0. The zero-order chi connectivity index (χ0) is 24.7. The summed E-state index contributed by atoms with van der Waals surface area (Å²) in [5.41, 5.74) is 6.90. The fourth-order valence-electron chi connectivity index (χ4n) is 3.95. The van der Waals surface area contributed by atoms with E-state index >= 15 is 0 Å². The summed E-state index contributed by atoms with van der Waals surface area (Å²) in [6.45, 7) is 0.192. The quantitative estimate of drug-likeness (QED) is 0.473. The Morgan fingerprint density at radius 1 is 1.09 bits per heavy atom. The molecule has 0 saturated carbocycles. The second kappa shape index (κ2) is 11.4. The Morgan fingerprint density at radius 2 is 1.74 bits per heavy atom. The number of ether oxygens (including phenoxy) is 1. The first kappa shape index (κ1) is 25.5. The van der Waals surface area contributed by atoms with Crippen molar-refractivity contribution >= 4 is 27.7 Å². The molecule has 1 amide bonds. The van der Waals surface area contributed by atoms with Crippen molar-refractivity contribution in [2.75, 3.05) is 20.2 Å². The monoisotopic (exact) mass is 487 g/mol. The van der Waals surface area contributed by atoms with Gasteiger partial charge in [0.1, 0.15) is 12.1 Å². The Bertz CT molecular complexity index is 1120. The molecule has 1 aliphatic heterocycles. The maximum Gasteiger partial charge on any atom is 0.328 e. The number of rotatable bonds is 10. The maximum absolute atomic E-state index is 13.1. The molecule has 0 unspecified atom stereocenters. The van der Waals surface area contributed by atoms with Crippen molar-refractivity contribution in [3.05, 3.63) is 65.7 Å². The van der Waals surface area contributed by atoms with Crippen molar-refractivity contribution in [3.63, 3.8) is 0 Å². The van der Waals surface area contributed by atoms with E-state index in [-0.39, 0.29) is 36.6 Å². The second-order valence-electron chi connectivity index (χ2n) is 8.11. The third kappa shape index (κ3) is 6.07. The van der Waals surface area contributed by atoms with E-state index in [0.29, 0.717) is 12.8 Å². The van der Waals surface area contributed by atoms with E-state index in [1.807, 2.05) is 0 Å². The predicted octanol–water partition coefficient (Wildman–Crippen LogP) is 0.811. The van der Waals surface area contributed by atoms with E-state index in [9.17, 15) is 22.8 Å². The molecular formula is C24H29N3O6S. The van der Waals surface area contributed by atoms with E-state index < -0.39 is 34.0 Å². The molecule has 0 radical (unpaired) electrons. The fourth-order valence-corrected chi connectivity index (χ4v) is 5.63. The standard InChI is InChI=1S/C24H29N3O6S/c1-33-24(30)21(15-18-11-9-17(10-12-18)14-19(28)16-25)26-23(29)22-8-5-13-27(22)34(31,32)20-6-3-2-4-7-20/h2-4,6-7,9-12,21-22H,5,8,13-16,25H2,1H3,(H,26,29)/t21-,22-/m0/s1. The highest BCUT2D eigenvalue weighted by Gasteiger charge is 2.40. The van der Waals surface area contributed by atoms with Gasteiger partial charge in [-0.15, -0.1) is 0 Å². The Kier molecular flexibility index (Phi) is 8.54. The molecule has 9 nitrogen and oxygen atoms in total. The lowest BCUT2D eigenvalue weighted by Crippen LogP contribution is -2.51. The summed E-state index contributed by atoms with van der Waals surface area (Å²) < 4.78 is 32.2. The first-order valence-corrected chi connectivity index (χ1v) is 12.4. The summed E-state index contributed by atoms with van der Waals surface area (Å²) in [6.07, 6.45) is 1.27. The van der Waals surface area contributed by atoms with Gasteiger partial charge in [0.15, 0.2) is 5.78 Å². The number of nitrogens with two attached hydrogens (primary N) is 1. The molecule has 3 rings (SSSR count). The van der Waals surface area contributed by atoms with Crippen LogP contribution in [0.2, 0.25) is 0 Å². The van der Waals surface area contributed by atoms with Gasteiger partial charge in [0.25, 0.3) is 0 Å². The van der Waals surface area contributed by atoms with Gasteiger partial charge < -0.3 is 15.8 Å². The minimum Gasteiger partial charge on any atom is -0.467 e. The van der Waals surface area contributed by atoms with Crippen LogP contribution in [0, 0.1) is 0 Å². The number of benzene rings is 2. The smallest absolute Gasteiger partial charge is 0.328 e. The molecule has 1 heterocycles. The van der Waals surface area contributed by atoms with Crippen LogP contribution in [0.5, 0.6) is 0 Å². The number of methoxy groups -OCH3 is 1. The van der Waals surface area contributed by atoms with Crippen LogP contribution >= 0.6 is 0 Å². The van der Waals surface area contributed by atoms with Crippen molar-refractivity contribution in [3.8, 4) is 0 Å². The lowest BCUT2D eigenvalue weighted by atomic mass is 10.0. The Morgan fingerprint density at radius 3 is 2.35 bits per heavy atom. The van der Waals surface area contributed by atoms with Gasteiger partial charge in [-0.2, -0.15) is 4.31 Å². The van der Waals surface area contributed by atoms with Crippen LogP contribution in [0.1, 0.15) is 24.0 Å². The first-order chi connectivity index (χ1) is 16.3. The molecule has 2 aromatic carbocycles. The topological polar surface area (TPSA) is 136 Å². The molecule has 1 aliphatic rings. The Balaban J connectivity index is 1.73. The molecule has 0 aromatic heterocycles. The third-order valence-corrected chi connectivity index (χ3v) is 7.67. The molecule has 34 heavy (non-hydrogen) atoms. The number of sulfonamides is 1. The Labute approximate surface area is 199 Å². The summed E-state index contributed by atoms with van der Waals surface area (Å²) in [7, 11) is -2.62. The highest BCUT2D eigenvalue weighted by Crippen LogP contribution is 2.26. The van der Waals surface area contributed by atoms with Crippen LogP contribution in [-0.2, 0) is 42.0 Å². The minimum atomic E-state index is -3.85. The molecule has 10 heteroatoms. The number of Topliss-reactive ketones (excluding diaryl/α,β-unsaturated/α-hetero) is 1. The summed E-state index contributed by atoms with van der Waals surface area (Å²) in [5.74, 6) is -1.26. The summed E-state index contributed by atoms with van der Waals surface area (Å²) in [5, 5.41) is 2.68. The van der Waals surface area contributed by atoms with E-state index in [2.05, 4.69) is 5.32 Å². The number of nitrogens with one attached hydrogen (secondary N) is 1. The molecule has 3 N–H and O–H groups in total. The normalized spacial score (nSPS) is 17.2. The van der Waals surface area contributed by atoms with Crippen LogP contribution in [0.3, 0.4) is 0 Å². The molecule has 1 saturated heterocycles. The SMILES string of the molecule is COC(=O)[C@H](Cc1ccc(CC(=O)CN)cc1)NC(=O)[C@@H]1CCCN1S(=O)(=O)c1ccccc1. The van der Waals surface area contributed by atoms with E-state index in [4.69, 9.17) is 10.5 Å². The van der Waals surface area contributed by atoms with Gasteiger partial charge in [0.2, 0.25) is 15.9 Å². The molecule has 182 valence electrons. The average Bonchev–Trinajstić information content (AvgIpc) is 3.36. The van der Waals surface area contributed by atoms with Crippen molar-refractivity contribution in [1.82, 2.24) is 9.62 Å². The minimum absolute atomic E-state index is 0.0314. The van der Waals surface area contributed by atoms with Gasteiger partial charge in [-0.3, -0.25) is 9.59 Å². The largest absolute Gasteiger partial charge is 0.467 e. The number of nitrogens with zero attached hydrogens (tertiary/aromatic N) is 1. The summed E-state index contributed by atoms with van der Waals surface area (Å²) in [4.78, 5) is 37.1. The van der Waals surface area contributed by atoms with Crippen molar-refractivity contribution in [2.24, 2.45) is 5.73 Å². The van der Waals surface area contributed by atoms with Gasteiger partial charge >= 0.3 is 5.97 Å². The molecule has 0 aliphatic carbocycles. The lowest BCUT2D eigenvalue weighted by molar-refractivity contribution is -0.145. The van der Waals surface area contributed by atoms with Crippen LogP contribution in [-0.4, -0.2) is 62.7 Å². The van der Waals surface area contributed by atoms with Crippen molar-refractivity contribution < 1.29 is 27.5 Å². The zero-order valence-electron chi connectivity index (χ0n) is 19.0. The molecule has 2 atom stereocenters. The number of carbonyl (C=O) groups is 3. The predicted molar refractivity (Wildman–Crippen MR) is 125 cm³/mol. The number of hydrogen-bond donors (Lipinski definition) is 2. The fraction of sp³-hybridized carbons (Fsp3) is 0.375. The first-order valence-electron chi connectivity index (χ1n) is 11.0. The molecule has 2 aromatic rings. The number of amides is 1. The van der Waals surface area contributed by atoms with E-state index in [0.717, 1.165) is 11.1 Å². The van der Waals surface area contributed by atoms with Gasteiger partial charge in [-0.1, -0.05) is 42.5 Å². The highest BCUT2D eigenvalue weighted by atomic mass is 32.2. The van der Waals surface area contributed by atoms with E-state index in [1.54, 1.807) is 42.5 Å². The van der Waals surface area contributed by atoms with Crippen LogP contribution < -0.4 is 11.1 Å². The number of hydrogen-bond acceptors (Lipinski definition) is 7. The number of esters is 1. The zero-order valence-corrected chi connectivity index (χ0v) is 19.8. The third-order valence-electron chi connectivity index (χ3n) is 5.75. The van der Waals surface area contributed by atoms with Gasteiger partial charge in [0.05, 0.1) is 18.6 Å². The van der Waals surface area contributed by atoms with Crippen molar-refractivity contribution in [2.45, 2.75) is 42.7 Å². The molecule has 0 spiro atoms. The van der Waals surface area contributed by atoms with Crippen LogP contribution in [0.4, 0.5) is 0 Å². The molecule has 0 bridgehead atoms. The van der Waals surface area contributed by atoms with Crippen LogP contribution in [0.25, 0.3) is 0 Å². The Hall–Kier alpha value is -3.08. The summed E-state index contributed by atoms with van der Waals surface area (Å²) >= 11 is 0. The molecule has 1 fully saturated rings. The maximum atomic E-state index is 13.1. The lowest BCUT2D eigenvalue weighted by Gasteiger charge is -2.25. The van der Waals surface area contributed by atoms with E-state index in [1.165, 1.54) is 23.5 Å². The van der Waals surface area contributed by atoms with Crippen LogP contribution in [0.15, 0.2) is 59.5 Å². The average molecular weight is 488 g/mol. The number of ketones is 1.